The van der Waals surface area contributed by atoms with E-state index in [1.807, 2.05) is 29.2 Å². The van der Waals surface area contributed by atoms with Gasteiger partial charge in [0.25, 0.3) is 0 Å². The van der Waals surface area contributed by atoms with Crippen LogP contribution in [0.3, 0.4) is 0 Å². The van der Waals surface area contributed by atoms with Crippen LogP contribution in [-0.4, -0.2) is 44.6 Å². The highest BCUT2D eigenvalue weighted by Gasteiger charge is 2.17. The largest absolute Gasteiger partial charge is 0.399 e. The van der Waals surface area contributed by atoms with Crippen LogP contribution in [0.4, 0.5) is 11.6 Å². The van der Waals surface area contributed by atoms with Gasteiger partial charge in [-0.25, -0.2) is 9.67 Å². The Kier molecular flexibility index (Phi) is 6.40. The van der Waals surface area contributed by atoms with Crippen LogP contribution in [0.15, 0.2) is 30.6 Å². The molecular formula is C19H26N6O2. The molecule has 0 saturated carbocycles. The highest BCUT2D eigenvalue weighted by atomic mass is 16.2. The normalized spacial score (nSPS) is 14.6. The van der Waals surface area contributed by atoms with E-state index < -0.39 is 0 Å². The Morgan fingerprint density at radius 2 is 1.85 bits per heavy atom. The van der Waals surface area contributed by atoms with Crippen LogP contribution >= 0.6 is 0 Å². The first-order valence-electron chi connectivity index (χ1n) is 9.42. The van der Waals surface area contributed by atoms with E-state index in [0.29, 0.717) is 12.1 Å². The highest BCUT2D eigenvalue weighted by Crippen LogP contribution is 2.13. The van der Waals surface area contributed by atoms with E-state index in [1.165, 1.54) is 23.9 Å². The maximum Gasteiger partial charge on any atom is 0.248 e. The molecule has 2 heterocycles. The lowest BCUT2D eigenvalue weighted by Crippen LogP contribution is -2.34. The highest BCUT2D eigenvalue weighted by molar-refractivity contribution is 5.89. The first-order chi connectivity index (χ1) is 13.1. The minimum atomic E-state index is -0.185. The van der Waals surface area contributed by atoms with Gasteiger partial charge >= 0.3 is 0 Å². The minimum Gasteiger partial charge on any atom is -0.399 e. The van der Waals surface area contributed by atoms with E-state index >= 15 is 0 Å². The fourth-order valence-electron chi connectivity index (χ4n) is 3.18. The second kappa shape index (κ2) is 9.16. The molecule has 3 rings (SSSR count). The molecule has 1 fully saturated rings. The van der Waals surface area contributed by atoms with Crippen LogP contribution < -0.4 is 11.1 Å². The molecule has 0 unspecified atom stereocenters. The topological polar surface area (TPSA) is 106 Å². The second-order valence-electron chi connectivity index (χ2n) is 6.81. The molecule has 1 saturated heterocycles. The molecular weight excluding hydrogens is 344 g/mol. The van der Waals surface area contributed by atoms with Crippen molar-refractivity contribution in [2.75, 3.05) is 24.1 Å². The fourth-order valence-corrected chi connectivity index (χ4v) is 3.18. The van der Waals surface area contributed by atoms with Gasteiger partial charge in [0, 0.05) is 25.2 Å². The molecule has 144 valence electrons. The zero-order valence-electron chi connectivity index (χ0n) is 15.4. The summed E-state index contributed by atoms with van der Waals surface area (Å²) in [7, 11) is 0. The molecule has 3 N–H and O–H groups in total. The predicted molar refractivity (Wildman–Crippen MR) is 103 cm³/mol. The lowest BCUT2D eigenvalue weighted by molar-refractivity contribution is -0.132. The first-order valence-corrected chi connectivity index (χ1v) is 9.42. The zero-order valence-corrected chi connectivity index (χ0v) is 15.4. The fraction of sp³-hybridized carbons (Fsp3) is 0.474. The number of hydrogen-bond acceptors (Lipinski definition) is 5. The standard InChI is InChI=1S/C19H26N6O2/c20-16-8-4-3-7-15(16)9-10-17(26)22-19-21-14-25(23-19)13-18(27)24-11-5-1-2-6-12-24/h3-4,7-8,14H,1-2,5-6,9-13,20H2,(H,22,23,26). The number of carbonyl (C=O) groups is 2. The Hall–Kier alpha value is -2.90. The van der Waals surface area contributed by atoms with Crippen molar-refractivity contribution >= 4 is 23.5 Å². The van der Waals surface area contributed by atoms with Crippen molar-refractivity contribution < 1.29 is 9.59 Å². The van der Waals surface area contributed by atoms with Crippen molar-refractivity contribution in [3.05, 3.63) is 36.2 Å². The number of likely N-dealkylation sites (tertiary alicyclic amines) is 1. The molecule has 2 aromatic rings. The number of rotatable bonds is 6. The van der Waals surface area contributed by atoms with Gasteiger partial charge in [-0.15, -0.1) is 5.10 Å². The predicted octanol–water partition coefficient (Wildman–Crippen LogP) is 1.83. The number of para-hydroxylation sites is 1. The molecule has 8 nitrogen and oxygen atoms in total. The number of aromatic nitrogens is 3. The van der Waals surface area contributed by atoms with Crippen LogP contribution in [0.1, 0.15) is 37.7 Å². The molecule has 0 spiro atoms. The van der Waals surface area contributed by atoms with E-state index in [0.717, 1.165) is 31.5 Å². The Morgan fingerprint density at radius 1 is 1.11 bits per heavy atom. The van der Waals surface area contributed by atoms with Gasteiger partial charge in [-0.2, -0.15) is 0 Å². The summed E-state index contributed by atoms with van der Waals surface area (Å²) >= 11 is 0. The molecule has 8 heteroatoms. The smallest absolute Gasteiger partial charge is 0.248 e. The summed E-state index contributed by atoms with van der Waals surface area (Å²) in [6.07, 6.45) is 6.77. The molecule has 0 radical (unpaired) electrons. The van der Waals surface area contributed by atoms with Gasteiger partial charge in [0.1, 0.15) is 12.9 Å². The Bertz CT molecular complexity index is 780. The van der Waals surface area contributed by atoms with Gasteiger partial charge in [-0.1, -0.05) is 31.0 Å². The van der Waals surface area contributed by atoms with Crippen LogP contribution in [-0.2, 0) is 22.6 Å². The van der Waals surface area contributed by atoms with Crippen LogP contribution in [0.25, 0.3) is 0 Å². The molecule has 1 aromatic carbocycles. The van der Waals surface area contributed by atoms with Gasteiger partial charge in [-0.05, 0) is 30.9 Å². The molecule has 1 aliphatic heterocycles. The van der Waals surface area contributed by atoms with E-state index in [9.17, 15) is 9.59 Å². The van der Waals surface area contributed by atoms with Crippen LogP contribution in [0, 0.1) is 0 Å². The number of nitrogens with zero attached hydrogens (tertiary/aromatic N) is 4. The molecule has 1 aromatic heterocycles. The number of amides is 2. The summed E-state index contributed by atoms with van der Waals surface area (Å²) < 4.78 is 1.47. The first kappa shape index (κ1) is 18.9. The minimum absolute atomic E-state index is 0.0410. The van der Waals surface area contributed by atoms with E-state index in [-0.39, 0.29) is 30.7 Å². The number of nitrogen functional groups attached to an aromatic ring is 1. The molecule has 1 aliphatic rings. The summed E-state index contributed by atoms with van der Waals surface area (Å²) in [6.45, 7) is 1.75. The van der Waals surface area contributed by atoms with Gasteiger partial charge < -0.3 is 10.6 Å². The second-order valence-corrected chi connectivity index (χ2v) is 6.81. The Balaban J connectivity index is 1.47. The van der Waals surface area contributed by atoms with Crippen LogP contribution in [0.2, 0.25) is 0 Å². The maximum absolute atomic E-state index is 12.4. The van der Waals surface area contributed by atoms with E-state index in [2.05, 4.69) is 15.4 Å². The summed E-state index contributed by atoms with van der Waals surface area (Å²) in [5.41, 5.74) is 7.50. The molecule has 0 atom stereocenters. The van der Waals surface area contributed by atoms with E-state index in [4.69, 9.17) is 5.73 Å². The third-order valence-electron chi connectivity index (χ3n) is 4.72. The summed E-state index contributed by atoms with van der Waals surface area (Å²) in [4.78, 5) is 30.4. The van der Waals surface area contributed by atoms with Crippen molar-refractivity contribution in [2.45, 2.75) is 45.1 Å². The van der Waals surface area contributed by atoms with Crippen LogP contribution in [0.5, 0.6) is 0 Å². The van der Waals surface area contributed by atoms with Gasteiger partial charge in [0.05, 0.1) is 0 Å². The van der Waals surface area contributed by atoms with Crippen molar-refractivity contribution in [2.24, 2.45) is 0 Å². The number of aryl methyl sites for hydroxylation is 1. The maximum atomic E-state index is 12.4. The summed E-state index contributed by atoms with van der Waals surface area (Å²) in [5.74, 6) is 0.0683. The number of carbonyl (C=O) groups excluding carboxylic acids is 2. The number of nitrogens with one attached hydrogen (secondary N) is 1. The molecule has 0 bridgehead atoms. The Labute approximate surface area is 158 Å². The van der Waals surface area contributed by atoms with Gasteiger partial charge in [-0.3, -0.25) is 14.9 Å². The number of hydrogen-bond donors (Lipinski definition) is 2. The lowest BCUT2D eigenvalue weighted by Gasteiger charge is -2.19. The number of benzene rings is 1. The molecule has 27 heavy (non-hydrogen) atoms. The summed E-state index contributed by atoms with van der Waals surface area (Å²) in [6, 6.07) is 7.48. The quantitative estimate of drug-likeness (QED) is 0.755. The monoisotopic (exact) mass is 370 g/mol. The van der Waals surface area contributed by atoms with Crippen molar-refractivity contribution in [1.29, 1.82) is 0 Å². The SMILES string of the molecule is Nc1ccccc1CCC(=O)Nc1ncn(CC(=O)N2CCCCCC2)n1. The van der Waals surface area contributed by atoms with Crippen molar-refractivity contribution in [3.8, 4) is 0 Å². The van der Waals surface area contributed by atoms with Crippen molar-refractivity contribution in [3.63, 3.8) is 0 Å². The average Bonchev–Trinajstić information content (AvgIpc) is 2.92. The van der Waals surface area contributed by atoms with Crippen molar-refractivity contribution in [1.82, 2.24) is 19.7 Å². The lowest BCUT2D eigenvalue weighted by atomic mass is 10.1. The van der Waals surface area contributed by atoms with Gasteiger partial charge in [0.2, 0.25) is 17.8 Å². The Morgan fingerprint density at radius 3 is 2.59 bits per heavy atom. The number of anilines is 2. The van der Waals surface area contributed by atoms with E-state index in [1.54, 1.807) is 0 Å². The molecule has 0 aliphatic carbocycles. The molecule has 2 amide bonds. The third-order valence-corrected chi connectivity index (χ3v) is 4.72. The number of nitrogens with two attached hydrogens (primary N) is 1. The average molecular weight is 370 g/mol. The summed E-state index contributed by atoms with van der Waals surface area (Å²) in [5, 5.41) is 6.85. The third kappa shape index (κ3) is 5.54. The van der Waals surface area contributed by atoms with Gasteiger partial charge in [0.15, 0.2) is 0 Å². The zero-order chi connectivity index (χ0) is 19.1.